The summed E-state index contributed by atoms with van der Waals surface area (Å²) in [6, 6.07) is 1.57. The van der Waals surface area contributed by atoms with E-state index in [4.69, 9.17) is 4.74 Å². The first kappa shape index (κ1) is 31.1. The molecule has 0 aromatic heterocycles. The molecule has 1 fully saturated rings. The Hall–Kier alpha value is -3.45. The Kier molecular flexibility index (Phi) is 8.43. The van der Waals surface area contributed by atoms with Crippen LogP contribution in [-0.2, 0) is 34.6 Å². The molecule has 1 aliphatic heterocycles. The van der Waals surface area contributed by atoms with Crippen LogP contribution in [0, 0.1) is 0 Å². The van der Waals surface area contributed by atoms with Gasteiger partial charge < -0.3 is 10.1 Å². The van der Waals surface area contributed by atoms with Crippen LogP contribution in [0.3, 0.4) is 0 Å². The molecule has 5 nitrogen and oxygen atoms in total. The summed E-state index contributed by atoms with van der Waals surface area (Å²) < 4.78 is 126. The van der Waals surface area contributed by atoms with Gasteiger partial charge in [-0.15, -0.1) is 0 Å². The molecule has 0 bridgehead atoms. The fraction of sp³-hybridized carbons (Fsp3) is 0.462. The van der Waals surface area contributed by atoms with E-state index in [1.54, 1.807) is 20.8 Å². The lowest BCUT2D eigenvalue weighted by atomic mass is 9.95. The number of nitrogens with zero attached hydrogens (tertiary/aromatic N) is 1. The molecule has 0 unspecified atom stereocenters. The highest BCUT2D eigenvalue weighted by atomic mass is 19.4. The number of halogens is 9. The molecule has 1 heterocycles. The van der Waals surface area contributed by atoms with Crippen molar-refractivity contribution < 1.29 is 53.8 Å². The maximum atomic E-state index is 13.6. The fourth-order valence-corrected chi connectivity index (χ4v) is 4.13. The van der Waals surface area contributed by atoms with Gasteiger partial charge in [0.05, 0.1) is 16.7 Å². The molecule has 0 radical (unpaired) electrons. The monoisotopic (exact) mass is 584 g/mol. The Labute approximate surface area is 223 Å². The molecule has 14 heteroatoms. The number of alkyl halides is 9. The number of carbonyl (C=O) groups excluding carboxylic acids is 2. The van der Waals surface area contributed by atoms with Crippen molar-refractivity contribution in [1.82, 2.24) is 10.2 Å². The number of benzene rings is 2. The first-order valence-electron chi connectivity index (χ1n) is 11.9. The van der Waals surface area contributed by atoms with Crippen LogP contribution in [0.2, 0.25) is 0 Å². The molecule has 220 valence electrons. The SMILES string of the molecule is CC(C)(C)OC(=O)N1CCC[C@@H]1C(=O)NCc1cc(-c2cc(C(F)(F)F)cc(C(F)(F)F)c2)cc(C(F)(F)F)c1. The number of nitrogens with one attached hydrogen (secondary N) is 1. The van der Waals surface area contributed by atoms with Crippen LogP contribution in [-0.4, -0.2) is 35.1 Å². The molecule has 1 N–H and O–H groups in total. The number of amides is 2. The molecule has 1 aliphatic rings. The predicted octanol–water partition coefficient (Wildman–Crippen LogP) is 7.43. The van der Waals surface area contributed by atoms with E-state index in [2.05, 4.69) is 5.32 Å². The van der Waals surface area contributed by atoms with E-state index in [0.29, 0.717) is 30.7 Å². The number of likely N-dealkylation sites (tertiary alicyclic amines) is 1. The molecular formula is C26H25F9N2O3. The van der Waals surface area contributed by atoms with Crippen molar-refractivity contribution in [2.75, 3.05) is 6.54 Å². The van der Waals surface area contributed by atoms with Crippen LogP contribution in [0.4, 0.5) is 44.3 Å². The van der Waals surface area contributed by atoms with Gasteiger partial charge >= 0.3 is 24.6 Å². The summed E-state index contributed by atoms with van der Waals surface area (Å²) in [4.78, 5) is 26.4. The largest absolute Gasteiger partial charge is 0.444 e. The lowest BCUT2D eigenvalue weighted by Crippen LogP contribution is -2.47. The quantitative estimate of drug-likeness (QED) is 0.381. The van der Waals surface area contributed by atoms with Crippen molar-refractivity contribution in [2.24, 2.45) is 0 Å². The Bertz CT molecular complexity index is 1230. The van der Waals surface area contributed by atoms with Gasteiger partial charge in [0.25, 0.3) is 0 Å². The van der Waals surface area contributed by atoms with Crippen molar-refractivity contribution in [1.29, 1.82) is 0 Å². The van der Waals surface area contributed by atoms with E-state index in [1.165, 1.54) is 4.90 Å². The topological polar surface area (TPSA) is 58.6 Å². The van der Waals surface area contributed by atoms with Gasteiger partial charge in [-0.25, -0.2) is 4.79 Å². The maximum Gasteiger partial charge on any atom is 0.416 e. The average molecular weight is 584 g/mol. The molecule has 2 aromatic carbocycles. The molecule has 0 aliphatic carbocycles. The Morgan fingerprint density at radius 1 is 0.800 bits per heavy atom. The molecular weight excluding hydrogens is 559 g/mol. The van der Waals surface area contributed by atoms with Crippen LogP contribution < -0.4 is 5.32 Å². The van der Waals surface area contributed by atoms with Gasteiger partial charge in [0.2, 0.25) is 5.91 Å². The second-order valence-electron chi connectivity index (χ2n) is 10.3. The summed E-state index contributed by atoms with van der Waals surface area (Å²) >= 11 is 0. The van der Waals surface area contributed by atoms with Crippen molar-refractivity contribution in [2.45, 2.75) is 70.3 Å². The molecule has 1 saturated heterocycles. The third-order valence-electron chi connectivity index (χ3n) is 5.89. The molecule has 0 saturated carbocycles. The standard InChI is InChI=1S/C26H25F9N2O3/c1-23(2,3)40-22(39)37-6-4-5-20(37)21(38)36-13-14-7-15(9-17(8-14)24(27,28)29)16-10-18(25(30,31)32)12-19(11-16)26(33,34)35/h7-12,20H,4-6,13H2,1-3H3,(H,36,38)/t20-/m1/s1. The number of ether oxygens (including phenoxy) is 1. The third kappa shape index (κ3) is 7.81. The second-order valence-corrected chi connectivity index (χ2v) is 10.3. The summed E-state index contributed by atoms with van der Waals surface area (Å²) in [5.41, 5.74) is -7.09. The molecule has 3 rings (SSSR count). The minimum Gasteiger partial charge on any atom is -0.444 e. The zero-order valence-corrected chi connectivity index (χ0v) is 21.4. The van der Waals surface area contributed by atoms with E-state index in [0.717, 1.165) is 6.07 Å². The van der Waals surface area contributed by atoms with Gasteiger partial charge in [0.1, 0.15) is 11.6 Å². The molecule has 1 atom stereocenters. The van der Waals surface area contributed by atoms with Crippen LogP contribution in [0.15, 0.2) is 36.4 Å². The summed E-state index contributed by atoms with van der Waals surface area (Å²) in [6.07, 6.45) is -15.4. The Balaban J connectivity index is 1.94. The van der Waals surface area contributed by atoms with Gasteiger partial charge in [-0.1, -0.05) is 0 Å². The number of hydrogen-bond donors (Lipinski definition) is 1. The molecule has 40 heavy (non-hydrogen) atoms. The smallest absolute Gasteiger partial charge is 0.416 e. The summed E-state index contributed by atoms with van der Waals surface area (Å²) in [5, 5.41) is 2.40. The molecule has 0 spiro atoms. The minimum atomic E-state index is -5.20. The van der Waals surface area contributed by atoms with Gasteiger partial charge in [-0.05, 0) is 86.7 Å². The number of rotatable bonds is 4. The summed E-state index contributed by atoms with van der Waals surface area (Å²) in [7, 11) is 0. The first-order chi connectivity index (χ1) is 18.1. The van der Waals surface area contributed by atoms with E-state index in [9.17, 15) is 49.1 Å². The van der Waals surface area contributed by atoms with Crippen molar-refractivity contribution >= 4 is 12.0 Å². The summed E-state index contributed by atoms with van der Waals surface area (Å²) in [6.45, 7) is 4.55. The van der Waals surface area contributed by atoms with Crippen molar-refractivity contribution in [3.05, 3.63) is 58.7 Å². The third-order valence-corrected chi connectivity index (χ3v) is 5.89. The van der Waals surface area contributed by atoms with Crippen LogP contribution in [0.25, 0.3) is 11.1 Å². The zero-order chi connectivity index (χ0) is 30.3. The average Bonchev–Trinajstić information content (AvgIpc) is 3.30. The van der Waals surface area contributed by atoms with Gasteiger partial charge in [-0.3, -0.25) is 9.69 Å². The predicted molar refractivity (Wildman–Crippen MR) is 125 cm³/mol. The lowest BCUT2D eigenvalue weighted by molar-refractivity contribution is -0.143. The van der Waals surface area contributed by atoms with Crippen LogP contribution in [0.5, 0.6) is 0 Å². The zero-order valence-electron chi connectivity index (χ0n) is 21.4. The van der Waals surface area contributed by atoms with Crippen LogP contribution in [0.1, 0.15) is 55.9 Å². The van der Waals surface area contributed by atoms with Gasteiger partial charge in [0.15, 0.2) is 0 Å². The number of hydrogen-bond acceptors (Lipinski definition) is 3. The highest BCUT2D eigenvalue weighted by Gasteiger charge is 2.39. The van der Waals surface area contributed by atoms with Crippen molar-refractivity contribution in [3.8, 4) is 11.1 Å². The maximum absolute atomic E-state index is 13.6. The van der Waals surface area contributed by atoms with Gasteiger partial charge in [-0.2, -0.15) is 39.5 Å². The molecule has 2 amide bonds. The Morgan fingerprint density at radius 2 is 1.27 bits per heavy atom. The van der Waals surface area contributed by atoms with E-state index in [-0.39, 0.29) is 24.6 Å². The van der Waals surface area contributed by atoms with E-state index >= 15 is 0 Å². The van der Waals surface area contributed by atoms with Gasteiger partial charge in [0, 0.05) is 13.1 Å². The highest BCUT2D eigenvalue weighted by molar-refractivity contribution is 5.86. The minimum absolute atomic E-state index is 0.129. The normalized spacial score (nSPS) is 16.7. The fourth-order valence-electron chi connectivity index (χ4n) is 4.13. The van der Waals surface area contributed by atoms with E-state index < -0.39 is 76.5 Å². The summed E-state index contributed by atoms with van der Waals surface area (Å²) in [5.74, 6) is -0.708. The van der Waals surface area contributed by atoms with E-state index in [1.807, 2.05) is 0 Å². The lowest BCUT2D eigenvalue weighted by Gasteiger charge is -2.28. The van der Waals surface area contributed by atoms with Crippen LogP contribution >= 0.6 is 0 Å². The second kappa shape index (κ2) is 10.8. The highest BCUT2D eigenvalue weighted by Crippen LogP contribution is 2.40. The Morgan fingerprint density at radius 3 is 1.75 bits per heavy atom. The number of carbonyl (C=O) groups is 2. The first-order valence-corrected chi connectivity index (χ1v) is 11.9. The molecule has 2 aromatic rings. The van der Waals surface area contributed by atoms with Crippen molar-refractivity contribution in [3.63, 3.8) is 0 Å².